The standard InChI is InChI=1S/C26H19F5N4O3/c1-14-2-3-15(13-36)10-22(14)33-24(37)17-6-9-21(19(27)11-17)34-25-32-12-20(28)23(35-25)16-4-7-18(8-5-16)38-26(29,30)31/h2-12,36H,13H2,1H3,(H,33,37)(H,32,34,35). The predicted octanol–water partition coefficient (Wildman–Crippen LogP) is 6.12. The van der Waals surface area contributed by atoms with E-state index in [1.807, 2.05) is 0 Å². The Bertz CT molecular complexity index is 1480. The number of aliphatic hydroxyl groups excluding tert-OH is 1. The molecule has 0 aliphatic rings. The van der Waals surface area contributed by atoms with Gasteiger partial charge in [0, 0.05) is 16.8 Å². The highest BCUT2D eigenvalue weighted by Crippen LogP contribution is 2.28. The molecule has 0 bridgehead atoms. The number of hydrogen-bond donors (Lipinski definition) is 3. The minimum absolute atomic E-state index is 0.0173. The average molecular weight is 530 g/mol. The number of alkyl halides is 3. The first-order chi connectivity index (χ1) is 18.0. The summed E-state index contributed by atoms with van der Waals surface area (Å²) in [7, 11) is 0. The molecule has 4 aromatic rings. The Kier molecular flexibility index (Phi) is 7.53. The van der Waals surface area contributed by atoms with Crippen LogP contribution >= 0.6 is 0 Å². The van der Waals surface area contributed by atoms with Crippen LogP contribution in [0, 0.1) is 18.6 Å². The number of aromatic nitrogens is 2. The van der Waals surface area contributed by atoms with Crippen LogP contribution in [0.5, 0.6) is 5.75 Å². The fraction of sp³-hybridized carbons (Fsp3) is 0.115. The number of aliphatic hydroxyl groups is 1. The van der Waals surface area contributed by atoms with E-state index < -0.39 is 29.7 Å². The van der Waals surface area contributed by atoms with Crippen molar-refractivity contribution in [2.75, 3.05) is 10.6 Å². The third-order valence-electron chi connectivity index (χ3n) is 5.32. The molecule has 1 heterocycles. The van der Waals surface area contributed by atoms with Gasteiger partial charge in [0.15, 0.2) is 5.82 Å². The summed E-state index contributed by atoms with van der Waals surface area (Å²) in [5.41, 5.74) is 1.63. The molecule has 4 rings (SSSR count). The number of carbonyl (C=O) groups is 1. The summed E-state index contributed by atoms with van der Waals surface area (Å²) in [6.45, 7) is 1.56. The molecule has 3 aromatic carbocycles. The molecule has 0 radical (unpaired) electrons. The van der Waals surface area contributed by atoms with Crippen molar-refractivity contribution in [1.29, 1.82) is 0 Å². The number of nitrogens with one attached hydrogen (secondary N) is 2. The van der Waals surface area contributed by atoms with Crippen molar-refractivity contribution in [3.63, 3.8) is 0 Å². The molecule has 0 spiro atoms. The summed E-state index contributed by atoms with van der Waals surface area (Å²) >= 11 is 0. The molecule has 0 saturated carbocycles. The first-order valence-corrected chi connectivity index (χ1v) is 11.0. The number of rotatable bonds is 7. The zero-order chi connectivity index (χ0) is 27.4. The van der Waals surface area contributed by atoms with E-state index in [2.05, 4.69) is 25.3 Å². The number of nitrogens with zero attached hydrogens (tertiary/aromatic N) is 2. The molecule has 0 saturated heterocycles. The molecule has 1 aromatic heterocycles. The Morgan fingerprint density at radius 3 is 2.37 bits per heavy atom. The molecule has 0 aliphatic heterocycles. The van der Waals surface area contributed by atoms with Gasteiger partial charge in [-0.25, -0.2) is 18.7 Å². The number of carbonyl (C=O) groups excluding carboxylic acids is 1. The Morgan fingerprint density at radius 1 is 0.974 bits per heavy atom. The number of amides is 1. The first kappa shape index (κ1) is 26.5. The largest absolute Gasteiger partial charge is 0.573 e. The highest BCUT2D eigenvalue weighted by atomic mass is 19.4. The van der Waals surface area contributed by atoms with Crippen LogP contribution in [0.2, 0.25) is 0 Å². The van der Waals surface area contributed by atoms with Crippen LogP contribution in [-0.4, -0.2) is 27.3 Å². The lowest BCUT2D eigenvalue weighted by Crippen LogP contribution is -2.16. The minimum atomic E-state index is -4.87. The van der Waals surface area contributed by atoms with Gasteiger partial charge in [0.2, 0.25) is 5.95 Å². The molecule has 0 fully saturated rings. The van der Waals surface area contributed by atoms with Crippen molar-refractivity contribution in [2.45, 2.75) is 19.9 Å². The van der Waals surface area contributed by atoms with Crippen LogP contribution in [0.4, 0.5) is 39.3 Å². The van der Waals surface area contributed by atoms with E-state index in [4.69, 9.17) is 0 Å². The third kappa shape index (κ3) is 6.40. The summed E-state index contributed by atoms with van der Waals surface area (Å²) in [5, 5.41) is 14.6. The molecule has 12 heteroatoms. The monoisotopic (exact) mass is 530 g/mol. The Labute approximate surface area is 212 Å². The topological polar surface area (TPSA) is 96.4 Å². The first-order valence-electron chi connectivity index (χ1n) is 11.0. The van der Waals surface area contributed by atoms with Gasteiger partial charge in [-0.2, -0.15) is 0 Å². The lowest BCUT2D eigenvalue weighted by molar-refractivity contribution is -0.274. The summed E-state index contributed by atoms with van der Waals surface area (Å²) in [6.07, 6.45) is -4.05. The molecule has 7 nitrogen and oxygen atoms in total. The zero-order valence-electron chi connectivity index (χ0n) is 19.6. The van der Waals surface area contributed by atoms with E-state index in [1.54, 1.807) is 25.1 Å². The average Bonchev–Trinajstić information content (AvgIpc) is 2.87. The lowest BCUT2D eigenvalue weighted by atomic mass is 10.1. The van der Waals surface area contributed by atoms with Crippen molar-refractivity contribution >= 4 is 23.2 Å². The van der Waals surface area contributed by atoms with Crippen LogP contribution in [-0.2, 0) is 6.61 Å². The van der Waals surface area contributed by atoms with Gasteiger partial charge < -0.3 is 20.5 Å². The molecular formula is C26H19F5N4O3. The highest BCUT2D eigenvalue weighted by molar-refractivity contribution is 6.05. The second-order valence-corrected chi connectivity index (χ2v) is 8.04. The van der Waals surface area contributed by atoms with Crippen molar-refractivity contribution in [2.24, 2.45) is 0 Å². The SMILES string of the molecule is Cc1ccc(CO)cc1NC(=O)c1ccc(Nc2ncc(F)c(-c3ccc(OC(F)(F)F)cc3)n2)c(F)c1. The zero-order valence-corrected chi connectivity index (χ0v) is 19.6. The quantitative estimate of drug-likeness (QED) is 0.249. The van der Waals surface area contributed by atoms with Crippen LogP contribution in [0.25, 0.3) is 11.3 Å². The Balaban J connectivity index is 1.51. The summed E-state index contributed by atoms with van der Waals surface area (Å²) < 4.78 is 70.0. The van der Waals surface area contributed by atoms with E-state index >= 15 is 0 Å². The maximum Gasteiger partial charge on any atom is 0.573 e. The van der Waals surface area contributed by atoms with Crippen molar-refractivity contribution in [3.8, 4) is 17.0 Å². The van der Waals surface area contributed by atoms with Crippen LogP contribution < -0.4 is 15.4 Å². The van der Waals surface area contributed by atoms with E-state index in [0.717, 1.165) is 30.0 Å². The molecule has 0 aliphatic carbocycles. The van der Waals surface area contributed by atoms with Gasteiger partial charge in [0.25, 0.3) is 5.91 Å². The Hall–Kier alpha value is -4.58. The fourth-order valence-electron chi connectivity index (χ4n) is 3.42. The number of benzene rings is 3. The van der Waals surface area contributed by atoms with Crippen LogP contribution in [0.1, 0.15) is 21.5 Å². The predicted molar refractivity (Wildman–Crippen MR) is 129 cm³/mol. The molecule has 1 amide bonds. The molecular weight excluding hydrogens is 511 g/mol. The smallest absolute Gasteiger partial charge is 0.406 e. The van der Waals surface area contributed by atoms with E-state index in [-0.39, 0.29) is 35.1 Å². The van der Waals surface area contributed by atoms with Gasteiger partial charge in [-0.15, -0.1) is 13.2 Å². The number of hydrogen-bond acceptors (Lipinski definition) is 6. The molecule has 0 atom stereocenters. The third-order valence-corrected chi connectivity index (χ3v) is 5.32. The van der Waals surface area contributed by atoms with Crippen LogP contribution in [0.15, 0.2) is 66.9 Å². The summed E-state index contributed by atoms with van der Waals surface area (Å²) in [6, 6.07) is 13.1. The van der Waals surface area contributed by atoms with Gasteiger partial charge in [-0.3, -0.25) is 4.79 Å². The number of anilines is 3. The number of aryl methyl sites for hydroxylation is 1. The summed E-state index contributed by atoms with van der Waals surface area (Å²) in [4.78, 5) is 20.4. The second kappa shape index (κ2) is 10.8. The van der Waals surface area contributed by atoms with Gasteiger partial charge in [0.05, 0.1) is 18.5 Å². The van der Waals surface area contributed by atoms with Crippen molar-refractivity contribution < 1.29 is 36.6 Å². The van der Waals surface area contributed by atoms with Crippen LogP contribution in [0.3, 0.4) is 0 Å². The van der Waals surface area contributed by atoms with Gasteiger partial charge in [-0.05, 0) is 66.6 Å². The molecule has 3 N–H and O–H groups in total. The van der Waals surface area contributed by atoms with E-state index in [9.17, 15) is 31.9 Å². The molecule has 38 heavy (non-hydrogen) atoms. The van der Waals surface area contributed by atoms with Crippen molar-refractivity contribution in [1.82, 2.24) is 9.97 Å². The molecule has 196 valence electrons. The van der Waals surface area contributed by atoms with E-state index in [1.165, 1.54) is 24.3 Å². The fourth-order valence-corrected chi connectivity index (χ4v) is 3.42. The van der Waals surface area contributed by atoms with Gasteiger partial charge >= 0.3 is 6.36 Å². The second-order valence-electron chi connectivity index (χ2n) is 8.04. The normalized spacial score (nSPS) is 11.2. The van der Waals surface area contributed by atoms with Gasteiger partial charge in [-0.1, -0.05) is 12.1 Å². The summed E-state index contributed by atoms with van der Waals surface area (Å²) in [5.74, 6) is -2.93. The lowest BCUT2D eigenvalue weighted by Gasteiger charge is -2.12. The number of ether oxygens (including phenoxy) is 1. The minimum Gasteiger partial charge on any atom is -0.406 e. The maximum atomic E-state index is 14.8. The molecule has 0 unspecified atom stereocenters. The van der Waals surface area contributed by atoms with E-state index in [0.29, 0.717) is 11.3 Å². The number of halogens is 5. The highest BCUT2D eigenvalue weighted by Gasteiger charge is 2.31. The Morgan fingerprint density at radius 2 is 1.71 bits per heavy atom. The van der Waals surface area contributed by atoms with Crippen molar-refractivity contribution in [3.05, 3.63) is 95.2 Å². The maximum absolute atomic E-state index is 14.8. The van der Waals surface area contributed by atoms with Gasteiger partial charge in [0.1, 0.15) is 17.3 Å².